The maximum atomic E-state index is 10.7. The zero-order chi connectivity index (χ0) is 8.15. The lowest BCUT2D eigenvalue weighted by Gasteiger charge is -2.05. The van der Waals surface area contributed by atoms with Crippen LogP contribution in [0.3, 0.4) is 0 Å². The summed E-state index contributed by atoms with van der Waals surface area (Å²) >= 11 is 0. The minimum absolute atomic E-state index is 0.142. The fourth-order valence-electron chi connectivity index (χ4n) is 0.341. The maximum absolute atomic E-state index is 10.7. The molecular weight excluding hydrogens is 128 g/mol. The second kappa shape index (κ2) is 4.09. The fraction of sp³-hybridized carbons (Fsp3) is 0.500. The van der Waals surface area contributed by atoms with Gasteiger partial charge in [0.2, 0.25) is 0 Å². The molecule has 0 bridgehead atoms. The van der Waals surface area contributed by atoms with Crippen molar-refractivity contribution in [1.29, 1.82) is 0 Å². The molecule has 1 unspecified atom stereocenters. The van der Waals surface area contributed by atoms with Crippen LogP contribution < -0.4 is 0 Å². The van der Waals surface area contributed by atoms with E-state index in [4.69, 9.17) is 4.74 Å². The van der Waals surface area contributed by atoms with E-state index in [1.807, 2.05) is 6.92 Å². The van der Waals surface area contributed by atoms with Crippen molar-refractivity contribution in [2.75, 3.05) is 6.61 Å². The third kappa shape index (κ3) is 4.13. The molecule has 0 heterocycles. The largest absolute Gasteiger partial charge is 0.462 e. The van der Waals surface area contributed by atoms with E-state index in [9.17, 15) is 4.79 Å². The normalized spacial score (nSPS) is 9.60. The van der Waals surface area contributed by atoms with Gasteiger partial charge in [-0.2, -0.15) is 0 Å². The molecule has 10 heavy (non-hydrogen) atoms. The molecule has 0 N–H and O–H groups in total. The summed E-state index contributed by atoms with van der Waals surface area (Å²) in [4.78, 5) is 10.7. The molecule has 57 valence electrons. The second-order valence-electron chi connectivity index (χ2n) is 2.48. The highest BCUT2D eigenvalue weighted by Gasteiger charge is 2.03. The first-order valence-electron chi connectivity index (χ1n) is 3.19. The molecule has 0 aromatic heterocycles. The molecule has 1 atom stereocenters. The zero-order valence-electron chi connectivity index (χ0n) is 6.52. The van der Waals surface area contributed by atoms with Crippen LogP contribution in [0.25, 0.3) is 0 Å². The monoisotopic (exact) mass is 141 g/mol. The molecule has 0 aromatic rings. The van der Waals surface area contributed by atoms with Gasteiger partial charge >= 0.3 is 5.97 Å². The highest BCUT2D eigenvalue weighted by atomic mass is 16.5. The number of hydrogen-bond acceptors (Lipinski definition) is 2. The summed E-state index contributed by atoms with van der Waals surface area (Å²) in [5.41, 5.74) is 0.431. The minimum atomic E-state index is -0.337. The summed E-state index contributed by atoms with van der Waals surface area (Å²) in [6.07, 6.45) is 0. The summed E-state index contributed by atoms with van der Waals surface area (Å²) in [5.74, 6) is -0.196. The van der Waals surface area contributed by atoms with E-state index < -0.39 is 0 Å². The van der Waals surface area contributed by atoms with Gasteiger partial charge in [0.25, 0.3) is 0 Å². The Morgan fingerprint density at radius 2 is 2.20 bits per heavy atom. The van der Waals surface area contributed by atoms with Crippen molar-refractivity contribution in [2.45, 2.75) is 13.8 Å². The topological polar surface area (TPSA) is 26.3 Å². The average Bonchev–Trinajstić information content (AvgIpc) is 1.82. The van der Waals surface area contributed by atoms with Crippen LogP contribution in [0.4, 0.5) is 0 Å². The molecule has 0 aliphatic rings. The van der Waals surface area contributed by atoms with Crippen molar-refractivity contribution < 1.29 is 9.53 Å². The van der Waals surface area contributed by atoms with Crippen LogP contribution in [-0.4, -0.2) is 12.6 Å². The Hall–Kier alpha value is -0.790. The number of esters is 1. The van der Waals surface area contributed by atoms with Crippen LogP contribution in [0.1, 0.15) is 13.8 Å². The predicted octanol–water partition coefficient (Wildman–Crippen LogP) is 1.58. The van der Waals surface area contributed by atoms with Crippen LogP contribution >= 0.6 is 0 Å². The van der Waals surface area contributed by atoms with Gasteiger partial charge in [-0.1, -0.05) is 13.5 Å². The lowest BCUT2D eigenvalue weighted by Crippen LogP contribution is -2.09. The quantitative estimate of drug-likeness (QED) is 0.440. The summed E-state index contributed by atoms with van der Waals surface area (Å²) in [6.45, 7) is 11.0. The lowest BCUT2D eigenvalue weighted by atomic mass is 10.2. The highest BCUT2D eigenvalue weighted by molar-refractivity contribution is 5.86. The van der Waals surface area contributed by atoms with Gasteiger partial charge in [0, 0.05) is 5.57 Å². The Balaban J connectivity index is 3.50. The summed E-state index contributed by atoms with van der Waals surface area (Å²) in [5, 5.41) is 0. The van der Waals surface area contributed by atoms with Gasteiger partial charge in [-0.3, -0.25) is 0 Å². The molecule has 0 saturated heterocycles. The third-order valence-corrected chi connectivity index (χ3v) is 0.847. The fourth-order valence-corrected chi connectivity index (χ4v) is 0.341. The molecule has 2 nitrogen and oxygen atoms in total. The summed E-state index contributed by atoms with van der Waals surface area (Å²) in [7, 11) is 0. The molecule has 0 fully saturated rings. The van der Waals surface area contributed by atoms with E-state index in [0.29, 0.717) is 12.2 Å². The predicted molar refractivity (Wildman–Crippen MR) is 40.3 cm³/mol. The Morgan fingerprint density at radius 1 is 1.70 bits per heavy atom. The Morgan fingerprint density at radius 3 is 2.50 bits per heavy atom. The van der Waals surface area contributed by atoms with E-state index in [1.165, 1.54) is 0 Å². The van der Waals surface area contributed by atoms with Gasteiger partial charge in [0.05, 0.1) is 6.61 Å². The van der Waals surface area contributed by atoms with Crippen LogP contribution in [0, 0.1) is 12.8 Å². The summed E-state index contributed by atoms with van der Waals surface area (Å²) < 4.78 is 4.76. The van der Waals surface area contributed by atoms with Crippen LogP contribution in [0.15, 0.2) is 12.2 Å². The van der Waals surface area contributed by atoms with Crippen LogP contribution in [0.5, 0.6) is 0 Å². The standard InChI is InChI=1S/C8H13O2/c1-6(2)5-10-8(9)7(3)4/h6H,1,3,5H2,2,4H3. The van der Waals surface area contributed by atoms with Crippen LogP contribution in [-0.2, 0) is 9.53 Å². The first-order chi connectivity index (χ1) is 4.54. The number of carbonyl (C=O) groups excluding carboxylic acids is 1. The first kappa shape index (κ1) is 9.21. The lowest BCUT2D eigenvalue weighted by molar-refractivity contribution is -0.139. The molecule has 0 spiro atoms. The van der Waals surface area contributed by atoms with Gasteiger partial charge in [0.1, 0.15) is 0 Å². The molecule has 1 radical (unpaired) electrons. The number of rotatable bonds is 3. The molecule has 0 aliphatic heterocycles. The van der Waals surface area contributed by atoms with Crippen molar-refractivity contribution in [1.82, 2.24) is 0 Å². The Labute approximate surface area is 61.9 Å². The molecular formula is C8H13O2. The molecule has 0 aliphatic carbocycles. The summed E-state index contributed by atoms with van der Waals surface area (Å²) in [6, 6.07) is 0. The number of carbonyl (C=O) groups is 1. The van der Waals surface area contributed by atoms with Crippen molar-refractivity contribution in [3.8, 4) is 0 Å². The molecule has 0 amide bonds. The highest BCUT2D eigenvalue weighted by Crippen LogP contribution is 1.96. The average molecular weight is 141 g/mol. The van der Waals surface area contributed by atoms with Crippen molar-refractivity contribution >= 4 is 5.97 Å². The van der Waals surface area contributed by atoms with Crippen molar-refractivity contribution in [3.05, 3.63) is 19.1 Å². The van der Waals surface area contributed by atoms with Crippen molar-refractivity contribution in [3.63, 3.8) is 0 Å². The van der Waals surface area contributed by atoms with Gasteiger partial charge in [-0.25, -0.2) is 4.79 Å². The molecule has 0 saturated carbocycles. The van der Waals surface area contributed by atoms with E-state index >= 15 is 0 Å². The SMILES string of the molecule is [CH2]C(C)COC(=O)C(=C)C. The molecule has 2 heteroatoms. The van der Waals surface area contributed by atoms with Gasteiger partial charge < -0.3 is 4.74 Å². The van der Waals surface area contributed by atoms with Crippen molar-refractivity contribution in [2.24, 2.45) is 5.92 Å². The smallest absolute Gasteiger partial charge is 0.333 e. The van der Waals surface area contributed by atoms with Gasteiger partial charge in [-0.05, 0) is 19.8 Å². The van der Waals surface area contributed by atoms with Crippen LogP contribution in [0.2, 0.25) is 0 Å². The van der Waals surface area contributed by atoms with E-state index in [1.54, 1.807) is 6.92 Å². The van der Waals surface area contributed by atoms with E-state index in [2.05, 4.69) is 13.5 Å². The van der Waals surface area contributed by atoms with Gasteiger partial charge in [0.15, 0.2) is 0 Å². The zero-order valence-corrected chi connectivity index (χ0v) is 6.52. The number of ether oxygens (including phenoxy) is 1. The first-order valence-corrected chi connectivity index (χ1v) is 3.19. The number of hydrogen-bond donors (Lipinski definition) is 0. The Bertz CT molecular complexity index is 136. The molecule has 0 rings (SSSR count). The Kier molecular flexibility index (Phi) is 3.77. The van der Waals surface area contributed by atoms with E-state index in [0.717, 1.165) is 0 Å². The maximum Gasteiger partial charge on any atom is 0.333 e. The minimum Gasteiger partial charge on any atom is -0.462 e. The third-order valence-electron chi connectivity index (χ3n) is 0.847. The molecule has 0 aromatic carbocycles. The second-order valence-corrected chi connectivity index (χ2v) is 2.48. The van der Waals surface area contributed by atoms with Gasteiger partial charge in [-0.15, -0.1) is 0 Å². The van der Waals surface area contributed by atoms with E-state index in [-0.39, 0.29) is 11.9 Å².